The Hall–Kier alpha value is -2.47. The number of nitrogens with one attached hydrogen (secondary N) is 1. The predicted molar refractivity (Wildman–Crippen MR) is 105 cm³/mol. The second-order valence-electron chi connectivity index (χ2n) is 5.14. The summed E-state index contributed by atoms with van der Waals surface area (Å²) in [6.07, 6.45) is 2.06. The first-order valence-corrected chi connectivity index (χ1v) is 10.8. The minimum Gasteiger partial charge on any atom is -0.461 e. The molecule has 10 nitrogen and oxygen atoms in total. The molecule has 1 aromatic carbocycles. The summed E-state index contributed by atoms with van der Waals surface area (Å²) < 4.78 is 10.2. The van der Waals surface area contributed by atoms with E-state index >= 15 is 0 Å². The van der Waals surface area contributed by atoms with Gasteiger partial charge in [0.15, 0.2) is 0 Å². The van der Waals surface area contributed by atoms with Gasteiger partial charge in [-0.25, -0.2) is 4.79 Å². The highest BCUT2D eigenvalue weighted by molar-refractivity contribution is 8.76. The molecule has 154 valence electrons. The van der Waals surface area contributed by atoms with Crippen molar-refractivity contribution in [3.63, 3.8) is 0 Å². The number of nitrogens with zero attached hydrogens (tertiary/aromatic N) is 1. The quantitative estimate of drug-likeness (QED) is 0.131. The number of anilines is 1. The molecule has 0 fully saturated rings. The highest BCUT2D eigenvalue weighted by Gasteiger charge is 2.17. The minimum atomic E-state index is -0.930. The van der Waals surface area contributed by atoms with Gasteiger partial charge in [0.05, 0.1) is 6.61 Å². The molecular formula is C16H20N2O8S2. The molecule has 0 aliphatic heterocycles. The van der Waals surface area contributed by atoms with Gasteiger partial charge in [-0.05, 0) is 24.8 Å². The summed E-state index contributed by atoms with van der Waals surface area (Å²) in [7, 11) is 3.09. The Bertz CT molecular complexity index is 714. The number of rotatable bonds is 12. The van der Waals surface area contributed by atoms with Crippen LogP contribution in [0.25, 0.3) is 0 Å². The Balaban J connectivity index is 2.73. The second kappa shape index (κ2) is 12.8. The largest absolute Gasteiger partial charge is 0.461 e. The molecule has 1 N–H and O–H groups in total. The van der Waals surface area contributed by atoms with Crippen LogP contribution in [0.3, 0.4) is 0 Å². The van der Waals surface area contributed by atoms with E-state index in [1.54, 1.807) is 10.8 Å². The first-order valence-electron chi connectivity index (χ1n) is 8.05. The smallest absolute Gasteiger partial charge is 0.341 e. The van der Waals surface area contributed by atoms with Gasteiger partial charge in [0.1, 0.15) is 17.9 Å². The standard InChI is InChI=1S/C16H20N2O8S2/c1-11(19)26-14-10-12(17-15(20)4-3-7-25-18(22)23)5-6-13(14)16(21)24-8-9-28-27-2/h5-6,10H,3-4,7-9H2,1-2H3,(H,17,20). The zero-order valence-corrected chi connectivity index (χ0v) is 16.9. The van der Waals surface area contributed by atoms with Crippen molar-refractivity contribution in [2.75, 3.05) is 30.5 Å². The van der Waals surface area contributed by atoms with Crippen molar-refractivity contribution in [1.82, 2.24) is 0 Å². The van der Waals surface area contributed by atoms with E-state index in [-0.39, 0.29) is 37.4 Å². The molecule has 0 radical (unpaired) electrons. The third kappa shape index (κ3) is 9.46. The van der Waals surface area contributed by atoms with Crippen LogP contribution in [0.15, 0.2) is 18.2 Å². The summed E-state index contributed by atoms with van der Waals surface area (Å²) in [5.41, 5.74) is 0.354. The third-order valence-electron chi connectivity index (χ3n) is 3.00. The van der Waals surface area contributed by atoms with Crippen molar-refractivity contribution in [1.29, 1.82) is 0 Å². The SMILES string of the molecule is CSSCCOC(=O)c1ccc(NC(=O)CCCO[N+](=O)[O-])cc1OC(C)=O. The Morgan fingerprint density at radius 1 is 1.25 bits per heavy atom. The fraction of sp³-hybridized carbons (Fsp3) is 0.438. The second-order valence-corrected chi connectivity index (χ2v) is 7.82. The Morgan fingerprint density at radius 3 is 2.64 bits per heavy atom. The zero-order valence-electron chi connectivity index (χ0n) is 15.3. The number of esters is 2. The van der Waals surface area contributed by atoms with E-state index in [1.165, 1.54) is 35.9 Å². The number of amides is 1. The molecule has 0 aliphatic carbocycles. The lowest BCUT2D eigenvalue weighted by atomic mass is 10.1. The van der Waals surface area contributed by atoms with Crippen molar-refractivity contribution in [2.45, 2.75) is 19.8 Å². The van der Waals surface area contributed by atoms with Crippen molar-refractivity contribution in [3.8, 4) is 5.75 Å². The fourth-order valence-electron chi connectivity index (χ4n) is 1.93. The maximum atomic E-state index is 12.2. The summed E-state index contributed by atoms with van der Waals surface area (Å²) >= 11 is 0. The molecule has 28 heavy (non-hydrogen) atoms. The van der Waals surface area contributed by atoms with Crippen molar-refractivity contribution in [2.24, 2.45) is 0 Å². The van der Waals surface area contributed by atoms with E-state index in [0.717, 1.165) is 0 Å². The van der Waals surface area contributed by atoms with Crippen LogP contribution >= 0.6 is 21.6 Å². The van der Waals surface area contributed by atoms with Crippen LogP contribution < -0.4 is 10.1 Å². The van der Waals surface area contributed by atoms with Crippen LogP contribution in [0, 0.1) is 10.1 Å². The molecule has 1 rings (SSSR count). The Labute approximate surface area is 169 Å². The van der Waals surface area contributed by atoms with Crippen molar-refractivity contribution < 1.29 is 33.8 Å². The van der Waals surface area contributed by atoms with E-state index in [4.69, 9.17) is 9.47 Å². The summed E-state index contributed by atoms with van der Waals surface area (Å²) in [6, 6.07) is 4.18. The van der Waals surface area contributed by atoms with E-state index in [1.807, 2.05) is 6.26 Å². The van der Waals surface area contributed by atoms with Gasteiger partial charge < -0.3 is 19.6 Å². The molecule has 0 saturated heterocycles. The van der Waals surface area contributed by atoms with E-state index in [2.05, 4.69) is 10.2 Å². The number of carbonyl (C=O) groups excluding carboxylic acids is 3. The average molecular weight is 432 g/mol. The molecule has 12 heteroatoms. The number of hydrogen-bond acceptors (Lipinski definition) is 10. The number of benzene rings is 1. The van der Waals surface area contributed by atoms with Crippen molar-refractivity contribution in [3.05, 3.63) is 33.9 Å². The lowest BCUT2D eigenvalue weighted by Crippen LogP contribution is -2.15. The molecule has 0 bridgehead atoms. The van der Waals surface area contributed by atoms with Gasteiger partial charge in [-0.3, -0.25) is 9.59 Å². The molecule has 1 amide bonds. The molecule has 0 aromatic heterocycles. The van der Waals surface area contributed by atoms with Gasteiger partial charge >= 0.3 is 11.9 Å². The molecular weight excluding hydrogens is 412 g/mol. The monoisotopic (exact) mass is 432 g/mol. The predicted octanol–water partition coefficient (Wildman–Crippen LogP) is 2.71. The first-order chi connectivity index (χ1) is 13.3. The maximum Gasteiger partial charge on any atom is 0.341 e. The minimum absolute atomic E-state index is 0.00631. The van der Waals surface area contributed by atoms with Crippen LogP contribution in [-0.4, -0.2) is 48.2 Å². The summed E-state index contributed by atoms with van der Waals surface area (Å²) in [4.78, 5) is 49.5. The fourth-order valence-corrected chi connectivity index (χ4v) is 2.95. The highest BCUT2D eigenvalue weighted by atomic mass is 33.1. The molecule has 0 saturated carbocycles. The first kappa shape index (κ1) is 23.6. The molecule has 0 aliphatic rings. The molecule has 0 heterocycles. The van der Waals surface area contributed by atoms with Gasteiger partial charge in [-0.2, -0.15) is 0 Å². The number of hydrogen-bond donors (Lipinski definition) is 1. The Morgan fingerprint density at radius 2 is 2.00 bits per heavy atom. The van der Waals surface area contributed by atoms with E-state index < -0.39 is 22.9 Å². The average Bonchev–Trinajstić information content (AvgIpc) is 2.62. The topological polar surface area (TPSA) is 134 Å². The van der Waals surface area contributed by atoms with Gasteiger partial charge in [0.25, 0.3) is 5.09 Å². The number of carbonyl (C=O) groups is 3. The van der Waals surface area contributed by atoms with Crippen LogP contribution in [0.2, 0.25) is 0 Å². The third-order valence-corrected chi connectivity index (χ3v) is 4.78. The van der Waals surface area contributed by atoms with Gasteiger partial charge in [0.2, 0.25) is 5.91 Å². The maximum absolute atomic E-state index is 12.2. The molecule has 0 atom stereocenters. The van der Waals surface area contributed by atoms with Gasteiger partial charge in [-0.1, -0.05) is 21.6 Å². The highest BCUT2D eigenvalue weighted by Crippen LogP contribution is 2.25. The van der Waals surface area contributed by atoms with Crippen LogP contribution in [0.4, 0.5) is 5.69 Å². The van der Waals surface area contributed by atoms with Crippen LogP contribution in [0.1, 0.15) is 30.1 Å². The lowest BCUT2D eigenvalue weighted by molar-refractivity contribution is -0.757. The Kier molecular flexibility index (Phi) is 10.8. The summed E-state index contributed by atoms with van der Waals surface area (Å²) in [5, 5.41) is 11.7. The van der Waals surface area contributed by atoms with Crippen molar-refractivity contribution >= 4 is 45.1 Å². The van der Waals surface area contributed by atoms with E-state index in [9.17, 15) is 24.5 Å². The molecule has 0 spiro atoms. The van der Waals surface area contributed by atoms with Gasteiger partial charge in [-0.15, -0.1) is 10.1 Å². The van der Waals surface area contributed by atoms with Crippen LogP contribution in [0.5, 0.6) is 5.75 Å². The number of ether oxygens (including phenoxy) is 2. The van der Waals surface area contributed by atoms with Gasteiger partial charge in [0, 0.05) is 30.9 Å². The molecule has 0 unspecified atom stereocenters. The lowest BCUT2D eigenvalue weighted by Gasteiger charge is -2.12. The summed E-state index contributed by atoms with van der Waals surface area (Å²) in [5.74, 6) is -1.11. The van der Waals surface area contributed by atoms with E-state index in [0.29, 0.717) is 11.4 Å². The molecule has 1 aromatic rings. The zero-order chi connectivity index (χ0) is 20.9. The normalized spacial score (nSPS) is 10.1. The summed E-state index contributed by atoms with van der Waals surface area (Å²) in [6.45, 7) is 1.19. The van der Waals surface area contributed by atoms with Crippen LogP contribution in [-0.2, 0) is 19.2 Å².